The maximum Gasteiger partial charge on any atom is 0.346 e. The summed E-state index contributed by atoms with van der Waals surface area (Å²) in [6, 6.07) is 51.0. The van der Waals surface area contributed by atoms with Gasteiger partial charge in [0.1, 0.15) is 11.6 Å². The van der Waals surface area contributed by atoms with E-state index in [-0.39, 0.29) is 11.3 Å². The van der Waals surface area contributed by atoms with Gasteiger partial charge in [-0.2, -0.15) is 5.26 Å². The largest absolute Gasteiger partial charge is 0.486 e. The topological polar surface area (TPSA) is 106 Å². The zero-order valence-corrected chi connectivity index (χ0v) is 33.8. The number of nitrogens with zero attached hydrogens (tertiary/aromatic N) is 3. The van der Waals surface area contributed by atoms with Crippen molar-refractivity contribution >= 4 is 88.1 Å². The van der Waals surface area contributed by atoms with Gasteiger partial charge in [-0.3, -0.25) is 4.79 Å². The van der Waals surface area contributed by atoms with Gasteiger partial charge in [0.05, 0.1) is 6.57 Å². The van der Waals surface area contributed by atoms with Crippen molar-refractivity contribution in [3.8, 4) is 27.0 Å². The van der Waals surface area contributed by atoms with Gasteiger partial charge in [-0.1, -0.05) is 115 Å². The molecule has 0 aliphatic heterocycles. The number of rotatable bonds is 13. The lowest BCUT2D eigenvalue weighted by molar-refractivity contribution is -0.133. The van der Waals surface area contributed by atoms with Crippen molar-refractivity contribution in [1.82, 2.24) is 0 Å². The number of carboxylic acid groups (broad SMARTS) is 2. The van der Waals surface area contributed by atoms with E-state index in [2.05, 4.69) is 114 Å². The van der Waals surface area contributed by atoms with Gasteiger partial charge in [-0.15, -0.1) is 22.7 Å². The number of hydrogen-bond acceptors (Lipinski definition) is 6. The summed E-state index contributed by atoms with van der Waals surface area (Å²) in [7, 11) is 0. The number of carbonyl (C=O) groups is 2. The molecule has 0 saturated carbocycles. The Morgan fingerprint density at radius 1 is 0.567 bits per heavy atom. The molecule has 0 saturated heterocycles. The third-order valence-corrected chi connectivity index (χ3v) is 11.6. The average Bonchev–Trinajstić information content (AvgIpc) is 3.95. The summed E-state index contributed by atoms with van der Waals surface area (Å²) in [6.45, 7) is 9.16. The minimum atomic E-state index is -1.24. The number of thiophene rings is 2. The number of anilines is 3. The SMILES string of the molecule is [C-]#[N+]C(=Cc1ccc(-c2ccc(C=Cc3ccc(N(c4ccc(C)cc4)c4ccc(C=Cc5ccc(-c6ccc(C=C(C#N)C(=O)O)s6)cc5)cc4)cc3)cc2)s1)C(=O)O. The van der Waals surface area contributed by atoms with Gasteiger partial charge in [-0.25, -0.2) is 9.64 Å². The molecule has 5 aromatic carbocycles. The molecule has 290 valence electrons. The molecule has 2 heterocycles. The molecular weight excluding hydrogens is 783 g/mol. The quantitative estimate of drug-likeness (QED) is 0.0519. The average molecular weight is 818 g/mol. The molecular formula is C51H35N3O4S2. The van der Waals surface area contributed by atoms with Crippen LogP contribution in [0.25, 0.3) is 62.2 Å². The Kier molecular flexibility index (Phi) is 12.5. The highest BCUT2D eigenvalue weighted by Gasteiger charge is 2.13. The standard InChI is InChI=1S/C51H35N3O4S2/c1-34-3-21-42(22-4-34)54(43-23-13-37(14-24-43)7-5-35-9-17-39(18-10-35)48-29-27-45(59-48)31-41(33-52)50(55)56)44-25-15-38(16-26-44)8-6-36-11-19-40(20-12-36)49-30-28-46(60-49)32-47(53-2)51(57)58/h3-32H,1H3,(H,55,56)(H,57,58). The molecule has 7 nitrogen and oxygen atoms in total. The Balaban J connectivity index is 1.03. The Morgan fingerprint density at radius 3 is 1.32 bits per heavy atom. The van der Waals surface area contributed by atoms with Gasteiger partial charge >= 0.3 is 11.9 Å². The molecule has 0 unspecified atom stereocenters. The predicted molar refractivity (Wildman–Crippen MR) is 247 cm³/mol. The molecule has 0 atom stereocenters. The van der Waals surface area contributed by atoms with Gasteiger partial charge in [-0.05, 0) is 113 Å². The van der Waals surface area contributed by atoms with Crippen LogP contribution in [0.1, 0.15) is 37.6 Å². The monoisotopic (exact) mass is 817 g/mol. The Morgan fingerprint density at radius 2 is 0.950 bits per heavy atom. The van der Waals surface area contributed by atoms with Crippen molar-refractivity contribution in [3.05, 3.63) is 206 Å². The minimum Gasteiger partial charge on any atom is -0.486 e. The molecule has 2 aromatic heterocycles. The molecule has 0 bridgehead atoms. The van der Waals surface area contributed by atoms with E-state index in [4.69, 9.17) is 22.0 Å². The Labute approximate surface area is 356 Å². The van der Waals surface area contributed by atoms with E-state index in [1.807, 2.05) is 72.8 Å². The number of carboxylic acids is 2. The van der Waals surface area contributed by atoms with Gasteiger partial charge in [0.2, 0.25) is 0 Å². The molecule has 0 spiro atoms. The third kappa shape index (κ3) is 10.00. The molecule has 0 aliphatic rings. The fourth-order valence-corrected chi connectivity index (χ4v) is 8.15. The number of nitriles is 1. The van der Waals surface area contributed by atoms with E-state index in [9.17, 15) is 9.59 Å². The molecule has 60 heavy (non-hydrogen) atoms. The second kappa shape index (κ2) is 18.6. The normalized spacial score (nSPS) is 11.7. The van der Waals surface area contributed by atoms with E-state index >= 15 is 0 Å². The predicted octanol–water partition coefficient (Wildman–Crippen LogP) is 13.6. The molecule has 2 N–H and O–H groups in total. The van der Waals surface area contributed by atoms with Crippen LogP contribution >= 0.6 is 22.7 Å². The smallest absolute Gasteiger partial charge is 0.346 e. The van der Waals surface area contributed by atoms with Crippen LogP contribution in [0.3, 0.4) is 0 Å². The van der Waals surface area contributed by atoms with Crippen LogP contribution in [-0.4, -0.2) is 22.2 Å². The Bertz CT molecular complexity index is 2690. The zero-order chi connectivity index (χ0) is 42.0. The molecule has 0 fully saturated rings. The van der Waals surface area contributed by atoms with E-state index < -0.39 is 11.9 Å². The van der Waals surface area contributed by atoms with Crippen LogP contribution in [0.5, 0.6) is 0 Å². The zero-order valence-electron chi connectivity index (χ0n) is 32.2. The summed E-state index contributed by atoms with van der Waals surface area (Å²) >= 11 is 2.88. The van der Waals surface area contributed by atoms with Crippen LogP contribution in [0.2, 0.25) is 0 Å². The molecule has 0 aliphatic carbocycles. The fraction of sp³-hybridized carbons (Fsp3) is 0.0196. The molecule has 0 radical (unpaired) electrons. The first-order valence-corrected chi connectivity index (χ1v) is 20.3. The van der Waals surface area contributed by atoms with E-state index in [0.717, 1.165) is 65.1 Å². The second-order valence-electron chi connectivity index (χ2n) is 13.6. The molecule has 9 heteroatoms. The van der Waals surface area contributed by atoms with Gasteiger partial charge in [0, 0.05) is 36.6 Å². The number of aliphatic carboxylic acids is 2. The lowest BCUT2D eigenvalue weighted by Crippen LogP contribution is -2.09. The summed E-state index contributed by atoms with van der Waals surface area (Å²) in [5, 5.41) is 27.4. The molecule has 7 rings (SSSR count). The van der Waals surface area contributed by atoms with E-state index in [1.165, 1.54) is 40.4 Å². The lowest BCUT2D eigenvalue weighted by Gasteiger charge is -2.26. The molecule has 0 amide bonds. The number of hydrogen-bond donors (Lipinski definition) is 2. The highest BCUT2D eigenvalue weighted by Crippen LogP contribution is 2.36. The third-order valence-electron chi connectivity index (χ3n) is 9.43. The second-order valence-corrected chi connectivity index (χ2v) is 15.8. The Hall–Kier alpha value is -7.82. The van der Waals surface area contributed by atoms with Crippen LogP contribution in [0.4, 0.5) is 17.1 Å². The van der Waals surface area contributed by atoms with E-state index in [1.54, 1.807) is 6.07 Å². The van der Waals surface area contributed by atoms with Crippen LogP contribution in [0, 0.1) is 24.8 Å². The van der Waals surface area contributed by atoms with Gasteiger partial charge in [0.15, 0.2) is 0 Å². The number of aryl methyl sites for hydroxylation is 1. The van der Waals surface area contributed by atoms with Crippen LogP contribution < -0.4 is 4.90 Å². The first-order valence-electron chi connectivity index (χ1n) is 18.7. The van der Waals surface area contributed by atoms with E-state index in [0.29, 0.717) is 4.88 Å². The lowest BCUT2D eigenvalue weighted by atomic mass is 10.1. The van der Waals surface area contributed by atoms with Gasteiger partial charge < -0.3 is 15.1 Å². The summed E-state index contributed by atoms with van der Waals surface area (Å²) in [6.07, 6.45) is 11.1. The fourth-order valence-electron chi connectivity index (χ4n) is 6.24. The minimum absolute atomic E-state index is 0.291. The summed E-state index contributed by atoms with van der Waals surface area (Å²) in [5.74, 6) is -2.47. The van der Waals surface area contributed by atoms with Crippen molar-refractivity contribution < 1.29 is 19.8 Å². The highest BCUT2D eigenvalue weighted by molar-refractivity contribution is 7.16. The van der Waals surface area contributed by atoms with Crippen molar-refractivity contribution in [1.29, 1.82) is 5.26 Å². The van der Waals surface area contributed by atoms with Crippen LogP contribution in [0.15, 0.2) is 157 Å². The summed E-state index contributed by atoms with van der Waals surface area (Å²) < 4.78 is 0. The molecule has 7 aromatic rings. The van der Waals surface area contributed by atoms with Crippen molar-refractivity contribution in [3.63, 3.8) is 0 Å². The van der Waals surface area contributed by atoms with Crippen molar-refractivity contribution in [2.75, 3.05) is 4.90 Å². The first-order chi connectivity index (χ1) is 29.1. The maximum absolute atomic E-state index is 11.2. The van der Waals surface area contributed by atoms with Crippen molar-refractivity contribution in [2.24, 2.45) is 0 Å². The highest BCUT2D eigenvalue weighted by atomic mass is 32.1. The van der Waals surface area contributed by atoms with Crippen LogP contribution in [-0.2, 0) is 9.59 Å². The summed E-state index contributed by atoms with van der Waals surface area (Å²) in [4.78, 5) is 31.2. The number of benzene rings is 5. The van der Waals surface area contributed by atoms with Gasteiger partial charge in [0.25, 0.3) is 5.70 Å². The maximum atomic E-state index is 11.2. The first kappa shape index (κ1) is 40.4. The van der Waals surface area contributed by atoms with Crippen molar-refractivity contribution in [2.45, 2.75) is 6.92 Å². The summed E-state index contributed by atoms with van der Waals surface area (Å²) in [5.41, 5.74) is 9.95.